The first-order chi connectivity index (χ1) is 8.76. The summed E-state index contributed by atoms with van der Waals surface area (Å²) >= 11 is 5.90. The van der Waals surface area contributed by atoms with Gasteiger partial charge >= 0.3 is 0 Å². The van der Waals surface area contributed by atoms with Crippen LogP contribution in [0.3, 0.4) is 0 Å². The third-order valence-electron chi connectivity index (χ3n) is 2.61. The summed E-state index contributed by atoms with van der Waals surface area (Å²) in [6.45, 7) is 0. The minimum Gasteiger partial charge on any atom is -0.436 e. The summed E-state index contributed by atoms with van der Waals surface area (Å²) in [4.78, 5) is 4.37. The van der Waals surface area contributed by atoms with Crippen LogP contribution < -0.4 is 0 Å². The van der Waals surface area contributed by atoms with Gasteiger partial charge in [0.2, 0.25) is 5.89 Å². The molecule has 18 heavy (non-hydrogen) atoms. The highest BCUT2D eigenvalue weighted by molar-refractivity contribution is 6.31. The fourth-order valence-corrected chi connectivity index (χ4v) is 1.88. The minimum absolute atomic E-state index is 0.525. The molecule has 0 saturated carbocycles. The van der Waals surface area contributed by atoms with Crippen molar-refractivity contribution >= 4 is 22.7 Å². The SMILES string of the molecule is N#Cc1ccc(-c2nc3cc(Cl)ccc3o2)cc1. The molecule has 0 atom stereocenters. The van der Waals surface area contributed by atoms with E-state index in [1.165, 1.54) is 0 Å². The number of oxazole rings is 1. The van der Waals surface area contributed by atoms with Crippen molar-refractivity contribution in [1.29, 1.82) is 5.26 Å². The van der Waals surface area contributed by atoms with Gasteiger partial charge in [0.1, 0.15) is 5.52 Å². The molecule has 3 rings (SSSR count). The van der Waals surface area contributed by atoms with Crippen molar-refractivity contribution in [3.8, 4) is 17.5 Å². The van der Waals surface area contributed by atoms with Crippen molar-refractivity contribution in [2.75, 3.05) is 0 Å². The average molecular weight is 255 g/mol. The topological polar surface area (TPSA) is 49.8 Å². The second-order valence-corrected chi connectivity index (χ2v) is 4.26. The van der Waals surface area contributed by atoms with E-state index in [2.05, 4.69) is 11.1 Å². The number of aromatic nitrogens is 1. The molecule has 0 aliphatic rings. The van der Waals surface area contributed by atoms with Crippen LogP contribution in [0.1, 0.15) is 5.56 Å². The number of fused-ring (bicyclic) bond motifs is 1. The van der Waals surface area contributed by atoms with E-state index in [9.17, 15) is 0 Å². The largest absolute Gasteiger partial charge is 0.436 e. The van der Waals surface area contributed by atoms with Gasteiger partial charge in [-0.15, -0.1) is 0 Å². The molecule has 2 aromatic carbocycles. The van der Waals surface area contributed by atoms with Gasteiger partial charge in [0.25, 0.3) is 0 Å². The van der Waals surface area contributed by atoms with Gasteiger partial charge in [-0.1, -0.05) is 11.6 Å². The van der Waals surface area contributed by atoms with Crippen LogP contribution in [0.4, 0.5) is 0 Å². The van der Waals surface area contributed by atoms with Crippen LogP contribution in [-0.2, 0) is 0 Å². The average Bonchev–Trinajstić information content (AvgIpc) is 2.81. The van der Waals surface area contributed by atoms with Crippen molar-refractivity contribution in [3.63, 3.8) is 0 Å². The quantitative estimate of drug-likeness (QED) is 0.659. The van der Waals surface area contributed by atoms with Gasteiger partial charge in [-0.2, -0.15) is 5.26 Å². The van der Waals surface area contributed by atoms with E-state index in [4.69, 9.17) is 21.3 Å². The van der Waals surface area contributed by atoms with Crippen LogP contribution in [0, 0.1) is 11.3 Å². The molecular formula is C14H7ClN2O. The molecule has 0 fully saturated rings. The lowest BCUT2D eigenvalue weighted by Gasteiger charge is -1.93. The lowest BCUT2D eigenvalue weighted by Crippen LogP contribution is -1.78. The third kappa shape index (κ3) is 1.83. The van der Waals surface area contributed by atoms with Gasteiger partial charge < -0.3 is 4.42 Å². The van der Waals surface area contributed by atoms with E-state index >= 15 is 0 Å². The number of nitriles is 1. The van der Waals surface area contributed by atoms with Gasteiger partial charge in [-0.25, -0.2) is 4.98 Å². The summed E-state index contributed by atoms with van der Waals surface area (Å²) in [5.41, 5.74) is 2.86. The van der Waals surface area contributed by atoms with E-state index < -0.39 is 0 Å². The van der Waals surface area contributed by atoms with Crippen LogP contribution in [-0.4, -0.2) is 4.98 Å². The molecule has 3 nitrogen and oxygen atoms in total. The number of benzene rings is 2. The monoisotopic (exact) mass is 254 g/mol. The third-order valence-corrected chi connectivity index (χ3v) is 2.85. The molecule has 0 unspecified atom stereocenters. The zero-order valence-electron chi connectivity index (χ0n) is 9.22. The molecule has 0 bridgehead atoms. The van der Waals surface area contributed by atoms with E-state index in [1.807, 2.05) is 12.1 Å². The molecule has 0 radical (unpaired) electrons. The number of halogens is 1. The summed E-state index contributed by atoms with van der Waals surface area (Å²) in [5, 5.41) is 9.37. The van der Waals surface area contributed by atoms with Crippen LogP contribution in [0.2, 0.25) is 5.02 Å². The molecule has 0 N–H and O–H groups in total. The van der Waals surface area contributed by atoms with E-state index in [1.54, 1.807) is 30.3 Å². The number of hydrogen-bond donors (Lipinski definition) is 0. The van der Waals surface area contributed by atoms with Crippen LogP contribution >= 0.6 is 11.6 Å². The lowest BCUT2D eigenvalue weighted by atomic mass is 10.1. The molecule has 86 valence electrons. The van der Waals surface area contributed by atoms with Crippen molar-refractivity contribution in [1.82, 2.24) is 4.98 Å². The Balaban J connectivity index is 2.10. The first-order valence-electron chi connectivity index (χ1n) is 5.33. The molecule has 0 aliphatic heterocycles. The molecular weight excluding hydrogens is 248 g/mol. The summed E-state index contributed by atoms with van der Waals surface area (Å²) in [7, 11) is 0. The smallest absolute Gasteiger partial charge is 0.227 e. The maximum Gasteiger partial charge on any atom is 0.227 e. The molecule has 0 aliphatic carbocycles. The van der Waals surface area contributed by atoms with Crippen molar-refractivity contribution < 1.29 is 4.42 Å². The predicted molar refractivity (Wildman–Crippen MR) is 69.2 cm³/mol. The van der Waals surface area contributed by atoms with Gasteiger partial charge in [-0.3, -0.25) is 0 Å². The molecule has 1 aromatic heterocycles. The number of hydrogen-bond acceptors (Lipinski definition) is 3. The van der Waals surface area contributed by atoms with Crippen molar-refractivity contribution in [2.45, 2.75) is 0 Å². The highest BCUT2D eigenvalue weighted by atomic mass is 35.5. The summed E-state index contributed by atoms with van der Waals surface area (Å²) < 4.78 is 5.63. The van der Waals surface area contributed by atoms with Crippen molar-refractivity contribution in [2.24, 2.45) is 0 Å². The summed E-state index contributed by atoms with van der Waals surface area (Å²) in [6, 6.07) is 14.5. The Hall–Kier alpha value is -2.31. The van der Waals surface area contributed by atoms with Crippen molar-refractivity contribution in [3.05, 3.63) is 53.1 Å². The van der Waals surface area contributed by atoms with Gasteiger partial charge in [0, 0.05) is 10.6 Å². The second-order valence-electron chi connectivity index (χ2n) is 3.82. The molecule has 0 saturated heterocycles. The highest BCUT2D eigenvalue weighted by Gasteiger charge is 2.08. The van der Waals surface area contributed by atoms with Crippen LogP contribution in [0.5, 0.6) is 0 Å². The molecule has 3 aromatic rings. The molecule has 0 spiro atoms. The molecule has 1 heterocycles. The molecule has 4 heteroatoms. The lowest BCUT2D eigenvalue weighted by molar-refractivity contribution is 0.620. The Labute approximate surface area is 108 Å². The Bertz CT molecular complexity index is 754. The van der Waals surface area contributed by atoms with Gasteiger partial charge in [0.05, 0.1) is 11.6 Å². The van der Waals surface area contributed by atoms with E-state index in [-0.39, 0.29) is 0 Å². The fourth-order valence-electron chi connectivity index (χ4n) is 1.71. The Kier molecular flexibility index (Phi) is 2.51. The van der Waals surface area contributed by atoms with E-state index in [0.717, 1.165) is 11.1 Å². The highest BCUT2D eigenvalue weighted by Crippen LogP contribution is 2.26. The van der Waals surface area contributed by atoms with Crippen LogP contribution in [0.15, 0.2) is 46.9 Å². The standard InChI is InChI=1S/C14H7ClN2O/c15-11-5-6-13-12(7-11)17-14(18-13)10-3-1-9(8-16)2-4-10/h1-7H. The maximum atomic E-state index is 8.74. The van der Waals surface area contributed by atoms with Gasteiger partial charge in [-0.05, 0) is 42.5 Å². The summed E-state index contributed by atoms with van der Waals surface area (Å²) in [5.74, 6) is 0.525. The first-order valence-corrected chi connectivity index (χ1v) is 5.71. The van der Waals surface area contributed by atoms with Gasteiger partial charge in [0.15, 0.2) is 5.58 Å². The Morgan fingerprint density at radius 2 is 1.89 bits per heavy atom. The predicted octanol–water partition coefficient (Wildman–Crippen LogP) is 4.02. The normalized spacial score (nSPS) is 10.4. The number of rotatable bonds is 1. The zero-order chi connectivity index (χ0) is 12.5. The van der Waals surface area contributed by atoms with E-state index in [0.29, 0.717) is 22.1 Å². The summed E-state index contributed by atoms with van der Waals surface area (Å²) in [6.07, 6.45) is 0. The first kappa shape index (κ1) is 10.8. The number of nitrogens with zero attached hydrogens (tertiary/aromatic N) is 2. The fraction of sp³-hybridized carbons (Fsp3) is 0. The molecule has 0 amide bonds. The zero-order valence-corrected chi connectivity index (χ0v) is 9.98. The second kappa shape index (κ2) is 4.17. The maximum absolute atomic E-state index is 8.74. The Morgan fingerprint density at radius 1 is 1.11 bits per heavy atom. The Morgan fingerprint density at radius 3 is 2.61 bits per heavy atom. The van der Waals surface area contributed by atoms with Crippen LogP contribution in [0.25, 0.3) is 22.6 Å². The minimum atomic E-state index is 0.525.